The van der Waals surface area contributed by atoms with Crippen LogP contribution < -0.4 is 5.32 Å². The summed E-state index contributed by atoms with van der Waals surface area (Å²) in [5, 5.41) is 4.21. The molecule has 16 heavy (non-hydrogen) atoms. The molecule has 0 amide bonds. The van der Waals surface area contributed by atoms with Crippen molar-refractivity contribution >= 4 is 22.4 Å². The zero-order chi connectivity index (χ0) is 11.8. The molecule has 88 valence electrons. The largest absolute Gasteiger partial charge is 0.465 e. The molecule has 1 fully saturated rings. The van der Waals surface area contributed by atoms with E-state index in [2.05, 4.69) is 17.2 Å². The number of anilines is 1. The van der Waals surface area contributed by atoms with Crippen LogP contribution in [0.4, 0.5) is 5.13 Å². The molecule has 4 nitrogen and oxygen atoms in total. The Morgan fingerprint density at radius 3 is 2.75 bits per heavy atom. The van der Waals surface area contributed by atoms with Crippen molar-refractivity contribution in [3.63, 3.8) is 0 Å². The second-order valence-electron chi connectivity index (χ2n) is 4.46. The molecular weight excluding hydrogens is 224 g/mol. The minimum Gasteiger partial charge on any atom is -0.465 e. The number of rotatable bonds is 3. The van der Waals surface area contributed by atoms with Crippen molar-refractivity contribution in [1.82, 2.24) is 4.98 Å². The maximum Gasteiger partial charge on any atom is 0.350 e. The number of ether oxygens (including phenoxy) is 1. The van der Waals surface area contributed by atoms with Gasteiger partial charge in [0.25, 0.3) is 0 Å². The first kappa shape index (κ1) is 11.4. The highest BCUT2D eigenvalue weighted by Crippen LogP contribution is 2.36. The molecule has 1 aromatic heterocycles. The van der Waals surface area contributed by atoms with Crippen molar-refractivity contribution in [3.05, 3.63) is 10.6 Å². The third-order valence-corrected chi connectivity index (χ3v) is 4.09. The van der Waals surface area contributed by atoms with Crippen LogP contribution in [0.1, 0.15) is 41.6 Å². The van der Waals surface area contributed by atoms with E-state index in [0.717, 1.165) is 10.8 Å². The summed E-state index contributed by atoms with van der Waals surface area (Å²) in [6.07, 6.45) is 3.59. The van der Waals surface area contributed by atoms with Gasteiger partial charge in [-0.1, -0.05) is 11.3 Å². The van der Waals surface area contributed by atoms with Crippen molar-refractivity contribution < 1.29 is 9.53 Å². The van der Waals surface area contributed by atoms with Gasteiger partial charge in [-0.2, -0.15) is 0 Å². The first-order chi connectivity index (χ1) is 7.54. The molecule has 2 rings (SSSR count). The van der Waals surface area contributed by atoms with E-state index >= 15 is 0 Å². The summed E-state index contributed by atoms with van der Waals surface area (Å²) in [7, 11) is 1.39. The second kappa shape index (κ2) is 4.05. The smallest absolute Gasteiger partial charge is 0.350 e. The number of methoxy groups -OCH3 is 1. The molecule has 1 saturated carbocycles. The highest BCUT2D eigenvalue weighted by Gasteiger charge is 2.32. The van der Waals surface area contributed by atoms with E-state index < -0.39 is 0 Å². The SMILES string of the molecule is COC(=O)c1sc(NC2(C)CCC2)nc1C. The van der Waals surface area contributed by atoms with Crippen LogP contribution in [0.15, 0.2) is 0 Å². The Morgan fingerprint density at radius 1 is 1.56 bits per heavy atom. The fourth-order valence-electron chi connectivity index (χ4n) is 1.82. The molecule has 0 atom stereocenters. The highest BCUT2D eigenvalue weighted by atomic mass is 32.1. The predicted octanol–water partition coefficient (Wildman–Crippen LogP) is 2.59. The highest BCUT2D eigenvalue weighted by molar-refractivity contribution is 7.17. The number of carbonyl (C=O) groups excluding carboxylic acids is 1. The van der Waals surface area contributed by atoms with Crippen LogP contribution in [0.25, 0.3) is 0 Å². The summed E-state index contributed by atoms with van der Waals surface area (Å²) in [6.45, 7) is 4.02. The quantitative estimate of drug-likeness (QED) is 0.825. The molecule has 1 aliphatic carbocycles. The van der Waals surface area contributed by atoms with Gasteiger partial charge in [0.2, 0.25) is 0 Å². The molecule has 0 radical (unpaired) electrons. The van der Waals surface area contributed by atoms with Gasteiger partial charge in [-0.05, 0) is 33.1 Å². The van der Waals surface area contributed by atoms with Crippen LogP contribution in [0.3, 0.4) is 0 Å². The van der Waals surface area contributed by atoms with Gasteiger partial charge in [-0.3, -0.25) is 0 Å². The van der Waals surface area contributed by atoms with Crippen LogP contribution in [-0.4, -0.2) is 23.6 Å². The van der Waals surface area contributed by atoms with Crippen LogP contribution in [0, 0.1) is 6.92 Å². The standard InChI is InChI=1S/C11H16N2O2S/c1-7-8(9(14)15-3)16-10(12-7)13-11(2)5-4-6-11/h4-6H2,1-3H3,(H,12,13). The number of esters is 1. The predicted molar refractivity (Wildman–Crippen MR) is 64.1 cm³/mol. The van der Waals surface area contributed by atoms with Crippen LogP contribution >= 0.6 is 11.3 Å². The first-order valence-electron chi connectivity index (χ1n) is 5.38. The molecule has 1 aliphatic rings. The van der Waals surface area contributed by atoms with Gasteiger partial charge in [0, 0.05) is 5.54 Å². The minimum atomic E-state index is -0.304. The van der Waals surface area contributed by atoms with Crippen LogP contribution in [-0.2, 0) is 4.74 Å². The van der Waals surface area contributed by atoms with Crippen molar-refractivity contribution in [2.24, 2.45) is 0 Å². The Morgan fingerprint density at radius 2 is 2.25 bits per heavy atom. The summed E-state index contributed by atoms with van der Waals surface area (Å²) >= 11 is 1.37. The normalized spacial score (nSPS) is 17.7. The van der Waals surface area contributed by atoms with Crippen molar-refractivity contribution in [3.8, 4) is 0 Å². The van der Waals surface area contributed by atoms with Gasteiger partial charge < -0.3 is 10.1 Å². The summed E-state index contributed by atoms with van der Waals surface area (Å²) in [5.41, 5.74) is 0.903. The van der Waals surface area contributed by atoms with Crippen molar-refractivity contribution in [2.75, 3.05) is 12.4 Å². The van der Waals surface area contributed by atoms with E-state index in [0.29, 0.717) is 4.88 Å². The molecule has 0 aliphatic heterocycles. The topological polar surface area (TPSA) is 51.2 Å². The third-order valence-electron chi connectivity index (χ3n) is 3.03. The lowest BCUT2D eigenvalue weighted by Crippen LogP contribution is -2.41. The lowest BCUT2D eigenvalue weighted by molar-refractivity contribution is 0.0605. The number of nitrogens with one attached hydrogen (secondary N) is 1. The van der Waals surface area contributed by atoms with Gasteiger partial charge in [-0.15, -0.1) is 0 Å². The monoisotopic (exact) mass is 240 g/mol. The zero-order valence-electron chi connectivity index (χ0n) is 9.79. The molecule has 1 heterocycles. The van der Waals surface area contributed by atoms with Gasteiger partial charge in [0.05, 0.1) is 12.8 Å². The lowest BCUT2D eigenvalue weighted by atomic mass is 9.79. The Hall–Kier alpha value is -1.10. The summed E-state index contributed by atoms with van der Waals surface area (Å²) < 4.78 is 4.70. The van der Waals surface area contributed by atoms with Crippen LogP contribution in [0.2, 0.25) is 0 Å². The molecule has 0 aromatic carbocycles. The van der Waals surface area contributed by atoms with Crippen LogP contribution in [0.5, 0.6) is 0 Å². The fourth-order valence-corrected chi connectivity index (χ4v) is 2.86. The van der Waals surface area contributed by atoms with Gasteiger partial charge in [0.15, 0.2) is 5.13 Å². The average molecular weight is 240 g/mol. The molecule has 1 N–H and O–H groups in total. The molecular formula is C11H16N2O2S. The molecule has 0 spiro atoms. The first-order valence-corrected chi connectivity index (χ1v) is 6.20. The number of thiazole rings is 1. The molecule has 0 bridgehead atoms. The Labute approximate surface area is 99.0 Å². The third kappa shape index (κ3) is 2.04. The van der Waals surface area contributed by atoms with Gasteiger partial charge >= 0.3 is 5.97 Å². The Kier molecular flexibility index (Phi) is 2.88. The van der Waals surface area contributed by atoms with Gasteiger partial charge in [-0.25, -0.2) is 9.78 Å². The zero-order valence-corrected chi connectivity index (χ0v) is 10.6. The van der Waals surface area contributed by atoms with E-state index in [-0.39, 0.29) is 11.5 Å². The van der Waals surface area contributed by atoms with E-state index in [1.54, 1.807) is 0 Å². The van der Waals surface area contributed by atoms with E-state index in [4.69, 9.17) is 4.74 Å². The number of aryl methyl sites for hydroxylation is 1. The minimum absolute atomic E-state index is 0.164. The number of carbonyl (C=O) groups is 1. The lowest BCUT2D eigenvalue weighted by Gasteiger charge is -2.39. The maximum atomic E-state index is 11.4. The number of aromatic nitrogens is 1. The molecule has 0 saturated heterocycles. The van der Waals surface area contributed by atoms with E-state index in [1.165, 1.54) is 37.7 Å². The molecule has 5 heteroatoms. The van der Waals surface area contributed by atoms with Crippen molar-refractivity contribution in [2.45, 2.75) is 38.6 Å². The number of hydrogen-bond acceptors (Lipinski definition) is 5. The summed E-state index contributed by atoms with van der Waals surface area (Å²) in [5.74, 6) is -0.304. The van der Waals surface area contributed by atoms with Gasteiger partial charge in [0.1, 0.15) is 4.88 Å². The van der Waals surface area contributed by atoms with Crippen molar-refractivity contribution in [1.29, 1.82) is 0 Å². The fraction of sp³-hybridized carbons (Fsp3) is 0.636. The maximum absolute atomic E-state index is 11.4. The van der Waals surface area contributed by atoms with E-state index in [1.807, 2.05) is 6.92 Å². The number of nitrogens with zero attached hydrogens (tertiary/aromatic N) is 1. The average Bonchev–Trinajstić information content (AvgIpc) is 2.56. The molecule has 1 aromatic rings. The second-order valence-corrected chi connectivity index (χ2v) is 5.46. The Balaban J connectivity index is 2.14. The summed E-state index contributed by atoms with van der Waals surface area (Å²) in [4.78, 5) is 16.4. The Bertz CT molecular complexity index is 410. The van der Waals surface area contributed by atoms with E-state index in [9.17, 15) is 4.79 Å². The molecule has 0 unspecified atom stereocenters. The summed E-state index contributed by atoms with van der Waals surface area (Å²) in [6, 6.07) is 0. The number of hydrogen-bond donors (Lipinski definition) is 1.